The van der Waals surface area contributed by atoms with E-state index in [-0.39, 0.29) is 6.61 Å². The maximum atomic E-state index is 11.0. The van der Waals surface area contributed by atoms with Crippen LogP contribution in [-0.2, 0) is 11.3 Å². The highest BCUT2D eigenvalue weighted by molar-refractivity contribution is 5.98. The smallest absolute Gasteiger partial charge is 0.152 e. The molecule has 1 aromatic heterocycles. The molecule has 96 valence electrons. The van der Waals surface area contributed by atoms with Crippen molar-refractivity contribution in [1.29, 1.82) is 0 Å². The van der Waals surface area contributed by atoms with Crippen LogP contribution in [-0.4, -0.2) is 35.8 Å². The Hall–Kier alpha value is -1.65. The average Bonchev–Trinajstić information content (AvgIpc) is 2.74. The SMILES string of the molecule is Cc1cccc2c(C=O)cn(CCOCCO)c12. The molecule has 4 heteroatoms. The molecule has 0 bridgehead atoms. The van der Waals surface area contributed by atoms with Gasteiger partial charge in [0.05, 0.1) is 25.3 Å². The summed E-state index contributed by atoms with van der Waals surface area (Å²) in [5.41, 5.74) is 2.92. The van der Waals surface area contributed by atoms with E-state index >= 15 is 0 Å². The van der Waals surface area contributed by atoms with Gasteiger partial charge in [0.2, 0.25) is 0 Å². The van der Waals surface area contributed by atoms with E-state index in [0.29, 0.717) is 25.3 Å². The highest BCUT2D eigenvalue weighted by Gasteiger charge is 2.09. The quantitative estimate of drug-likeness (QED) is 0.625. The maximum Gasteiger partial charge on any atom is 0.152 e. The van der Waals surface area contributed by atoms with Crippen molar-refractivity contribution in [3.05, 3.63) is 35.5 Å². The minimum absolute atomic E-state index is 0.0328. The molecule has 0 aliphatic rings. The summed E-state index contributed by atoms with van der Waals surface area (Å²) in [4.78, 5) is 11.0. The van der Waals surface area contributed by atoms with Crippen molar-refractivity contribution < 1.29 is 14.6 Å². The zero-order valence-electron chi connectivity index (χ0n) is 10.4. The molecule has 0 aliphatic carbocycles. The molecule has 4 nitrogen and oxygen atoms in total. The number of para-hydroxylation sites is 1. The summed E-state index contributed by atoms with van der Waals surface area (Å²) in [6, 6.07) is 5.94. The second kappa shape index (κ2) is 5.80. The van der Waals surface area contributed by atoms with Gasteiger partial charge in [-0.1, -0.05) is 18.2 Å². The monoisotopic (exact) mass is 247 g/mol. The van der Waals surface area contributed by atoms with Gasteiger partial charge in [0.1, 0.15) is 0 Å². The maximum absolute atomic E-state index is 11.0. The first-order chi connectivity index (χ1) is 8.77. The lowest BCUT2D eigenvalue weighted by Gasteiger charge is -2.07. The van der Waals surface area contributed by atoms with Crippen LogP contribution < -0.4 is 0 Å². The van der Waals surface area contributed by atoms with Gasteiger partial charge < -0.3 is 14.4 Å². The number of aldehydes is 1. The zero-order chi connectivity index (χ0) is 13.0. The number of hydrogen-bond donors (Lipinski definition) is 1. The largest absolute Gasteiger partial charge is 0.394 e. The fraction of sp³-hybridized carbons (Fsp3) is 0.357. The predicted octanol–water partition coefficient (Wildman–Crippen LogP) is 1.77. The number of hydrogen-bond acceptors (Lipinski definition) is 3. The van der Waals surface area contributed by atoms with E-state index in [4.69, 9.17) is 9.84 Å². The molecule has 2 rings (SSSR count). The van der Waals surface area contributed by atoms with Gasteiger partial charge in [-0.25, -0.2) is 0 Å². The van der Waals surface area contributed by atoms with Crippen LogP contribution in [0.15, 0.2) is 24.4 Å². The first kappa shape index (κ1) is 12.8. The van der Waals surface area contributed by atoms with E-state index in [2.05, 4.69) is 0 Å². The number of rotatable bonds is 6. The summed E-state index contributed by atoms with van der Waals surface area (Å²) in [5.74, 6) is 0. The van der Waals surface area contributed by atoms with Crippen LogP contribution in [0.25, 0.3) is 10.9 Å². The standard InChI is InChI=1S/C14H17NO3/c1-11-3-2-4-13-12(10-17)9-15(14(11)13)5-7-18-8-6-16/h2-4,9-10,16H,5-8H2,1H3. The second-order valence-electron chi connectivity index (χ2n) is 4.20. The zero-order valence-corrected chi connectivity index (χ0v) is 10.4. The summed E-state index contributed by atoms with van der Waals surface area (Å²) >= 11 is 0. The third-order valence-electron chi connectivity index (χ3n) is 2.97. The lowest BCUT2D eigenvalue weighted by molar-refractivity contribution is 0.0875. The van der Waals surface area contributed by atoms with Crippen molar-refractivity contribution in [2.45, 2.75) is 13.5 Å². The Morgan fingerprint density at radius 2 is 2.22 bits per heavy atom. The lowest BCUT2D eigenvalue weighted by atomic mass is 10.1. The van der Waals surface area contributed by atoms with Gasteiger partial charge >= 0.3 is 0 Å². The first-order valence-corrected chi connectivity index (χ1v) is 6.00. The summed E-state index contributed by atoms with van der Waals surface area (Å²) in [6.45, 7) is 3.61. The van der Waals surface area contributed by atoms with Gasteiger partial charge in [-0.2, -0.15) is 0 Å². The number of aliphatic hydroxyl groups is 1. The molecule has 0 spiro atoms. The van der Waals surface area contributed by atoms with Gasteiger partial charge in [0, 0.05) is 23.7 Å². The Labute approximate surface area is 106 Å². The third kappa shape index (κ3) is 2.44. The summed E-state index contributed by atoms with van der Waals surface area (Å²) < 4.78 is 7.29. The molecule has 0 amide bonds. The van der Waals surface area contributed by atoms with Crippen LogP contribution in [0.1, 0.15) is 15.9 Å². The highest BCUT2D eigenvalue weighted by Crippen LogP contribution is 2.23. The topological polar surface area (TPSA) is 51.5 Å². The third-order valence-corrected chi connectivity index (χ3v) is 2.97. The Morgan fingerprint density at radius 3 is 2.94 bits per heavy atom. The number of aryl methyl sites for hydroxylation is 1. The number of carbonyl (C=O) groups is 1. The number of carbonyl (C=O) groups excluding carboxylic acids is 1. The van der Waals surface area contributed by atoms with E-state index in [9.17, 15) is 4.79 Å². The molecule has 0 unspecified atom stereocenters. The highest BCUT2D eigenvalue weighted by atomic mass is 16.5. The molecule has 1 heterocycles. The van der Waals surface area contributed by atoms with Gasteiger partial charge in [0.15, 0.2) is 6.29 Å². The van der Waals surface area contributed by atoms with E-state index in [1.54, 1.807) is 0 Å². The molecule has 1 N–H and O–H groups in total. The van der Waals surface area contributed by atoms with Crippen LogP contribution in [0, 0.1) is 6.92 Å². The molecule has 0 fully saturated rings. The predicted molar refractivity (Wildman–Crippen MR) is 70.0 cm³/mol. The van der Waals surface area contributed by atoms with E-state index in [0.717, 1.165) is 22.8 Å². The van der Waals surface area contributed by atoms with Crippen LogP contribution in [0.4, 0.5) is 0 Å². The summed E-state index contributed by atoms with van der Waals surface area (Å²) in [6.07, 6.45) is 2.74. The minimum Gasteiger partial charge on any atom is -0.394 e. The number of aromatic nitrogens is 1. The number of nitrogens with zero attached hydrogens (tertiary/aromatic N) is 1. The van der Waals surface area contributed by atoms with Crippen molar-refractivity contribution in [2.24, 2.45) is 0 Å². The Bertz CT molecular complexity index is 545. The van der Waals surface area contributed by atoms with Gasteiger partial charge in [-0.05, 0) is 12.5 Å². The molecule has 1 aromatic carbocycles. The Morgan fingerprint density at radius 1 is 1.39 bits per heavy atom. The minimum atomic E-state index is 0.0328. The average molecular weight is 247 g/mol. The van der Waals surface area contributed by atoms with Crippen LogP contribution in [0.5, 0.6) is 0 Å². The van der Waals surface area contributed by atoms with E-state index in [1.165, 1.54) is 0 Å². The van der Waals surface area contributed by atoms with Crippen LogP contribution in [0.3, 0.4) is 0 Å². The fourth-order valence-electron chi connectivity index (χ4n) is 2.17. The Kier molecular flexibility index (Phi) is 4.12. The fourth-order valence-corrected chi connectivity index (χ4v) is 2.17. The molecule has 0 radical (unpaired) electrons. The Balaban J connectivity index is 2.29. The van der Waals surface area contributed by atoms with Crippen molar-refractivity contribution >= 4 is 17.2 Å². The lowest BCUT2D eigenvalue weighted by Crippen LogP contribution is -2.08. The molecule has 2 aromatic rings. The van der Waals surface area contributed by atoms with E-state index < -0.39 is 0 Å². The van der Waals surface area contributed by atoms with Crippen molar-refractivity contribution in [3.63, 3.8) is 0 Å². The summed E-state index contributed by atoms with van der Waals surface area (Å²) in [5, 5.41) is 9.62. The van der Waals surface area contributed by atoms with Crippen LogP contribution in [0.2, 0.25) is 0 Å². The first-order valence-electron chi connectivity index (χ1n) is 6.00. The van der Waals surface area contributed by atoms with Crippen molar-refractivity contribution in [2.75, 3.05) is 19.8 Å². The molecular weight excluding hydrogens is 230 g/mol. The molecular formula is C14H17NO3. The van der Waals surface area contributed by atoms with Crippen molar-refractivity contribution in [1.82, 2.24) is 4.57 Å². The van der Waals surface area contributed by atoms with Crippen molar-refractivity contribution in [3.8, 4) is 0 Å². The number of ether oxygens (including phenoxy) is 1. The van der Waals surface area contributed by atoms with Gasteiger partial charge in [0.25, 0.3) is 0 Å². The second-order valence-corrected chi connectivity index (χ2v) is 4.20. The van der Waals surface area contributed by atoms with Gasteiger partial charge in [-0.3, -0.25) is 4.79 Å². The molecule has 18 heavy (non-hydrogen) atoms. The molecule has 0 aliphatic heterocycles. The normalized spacial score (nSPS) is 11.0. The number of aliphatic hydroxyl groups excluding tert-OH is 1. The molecule has 0 saturated carbocycles. The summed E-state index contributed by atoms with van der Waals surface area (Å²) in [7, 11) is 0. The van der Waals surface area contributed by atoms with Gasteiger partial charge in [-0.15, -0.1) is 0 Å². The van der Waals surface area contributed by atoms with E-state index in [1.807, 2.05) is 35.9 Å². The van der Waals surface area contributed by atoms with Crippen LogP contribution >= 0.6 is 0 Å². The number of fused-ring (bicyclic) bond motifs is 1. The number of benzene rings is 1. The molecule has 0 saturated heterocycles. The molecule has 0 atom stereocenters.